The zero-order chi connectivity index (χ0) is 10.9. The fourth-order valence-corrected chi connectivity index (χ4v) is 4.65. The van der Waals surface area contributed by atoms with Crippen LogP contribution in [0.3, 0.4) is 0 Å². The number of rotatable bonds is 3. The Morgan fingerprint density at radius 1 is 1.40 bits per heavy atom. The first-order valence-corrected chi connectivity index (χ1v) is 7.35. The van der Waals surface area contributed by atoms with E-state index in [9.17, 15) is 8.42 Å². The molecule has 0 saturated carbocycles. The van der Waals surface area contributed by atoms with Crippen molar-refractivity contribution in [3.63, 3.8) is 0 Å². The van der Waals surface area contributed by atoms with E-state index in [1.54, 1.807) is 7.11 Å². The molecule has 0 aromatic heterocycles. The van der Waals surface area contributed by atoms with Gasteiger partial charge >= 0.3 is 0 Å². The molecule has 2 aliphatic heterocycles. The average Bonchev–Trinajstić information content (AvgIpc) is 2.73. The van der Waals surface area contributed by atoms with Crippen molar-refractivity contribution >= 4 is 9.84 Å². The van der Waals surface area contributed by atoms with Crippen LogP contribution in [0.25, 0.3) is 0 Å². The van der Waals surface area contributed by atoms with E-state index >= 15 is 0 Å². The minimum atomic E-state index is -2.72. The topological polar surface area (TPSA) is 55.4 Å². The van der Waals surface area contributed by atoms with Gasteiger partial charge in [-0.2, -0.15) is 0 Å². The third-order valence-electron chi connectivity index (χ3n) is 3.56. The molecule has 1 N–H and O–H groups in total. The molecule has 0 aromatic rings. The highest BCUT2D eigenvalue weighted by Crippen LogP contribution is 2.31. The number of hydrogen-bond donors (Lipinski definition) is 1. The Morgan fingerprint density at radius 2 is 2.20 bits per heavy atom. The quantitative estimate of drug-likeness (QED) is 0.748. The number of methoxy groups -OCH3 is 1. The second-order valence-electron chi connectivity index (χ2n) is 4.72. The zero-order valence-corrected chi connectivity index (χ0v) is 9.92. The standard InChI is InChI=1S/C10H19NO3S/c1-14-6-10-4-9(5-11-10)8-2-3-15(12,13)7-8/h8-11H,2-7H2,1H3. The first-order chi connectivity index (χ1) is 7.11. The highest BCUT2D eigenvalue weighted by molar-refractivity contribution is 7.91. The molecular formula is C10H19NO3S. The second kappa shape index (κ2) is 4.39. The van der Waals surface area contributed by atoms with Gasteiger partial charge in [-0.15, -0.1) is 0 Å². The van der Waals surface area contributed by atoms with E-state index in [-0.39, 0.29) is 0 Å². The summed E-state index contributed by atoms with van der Waals surface area (Å²) in [7, 11) is -1.02. The van der Waals surface area contributed by atoms with Crippen molar-refractivity contribution in [2.75, 3.05) is 31.8 Å². The lowest BCUT2D eigenvalue weighted by Gasteiger charge is -2.15. The van der Waals surface area contributed by atoms with Gasteiger partial charge in [-0.1, -0.05) is 0 Å². The van der Waals surface area contributed by atoms with Gasteiger partial charge in [0.15, 0.2) is 9.84 Å². The molecule has 3 atom stereocenters. The number of nitrogens with one attached hydrogen (secondary N) is 1. The van der Waals surface area contributed by atoms with Crippen LogP contribution in [0.2, 0.25) is 0 Å². The van der Waals surface area contributed by atoms with Crippen LogP contribution in [0.4, 0.5) is 0 Å². The molecule has 15 heavy (non-hydrogen) atoms. The lowest BCUT2D eigenvalue weighted by Crippen LogP contribution is -2.25. The summed E-state index contributed by atoms with van der Waals surface area (Å²) < 4.78 is 27.8. The van der Waals surface area contributed by atoms with E-state index in [1.807, 2.05) is 0 Å². The van der Waals surface area contributed by atoms with Gasteiger partial charge in [-0.25, -0.2) is 8.42 Å². The van der Waals surface area contributed by atoms with Gasteiger partial charge in [0.05, 0.1) is 18.1 Å². The lowest BCUT2D eigenvalue weighted by molar-refractivity contribution is 0.171. The summed E-state index contributed by atoms with van der Waals surface area (Å²) in [6.45, 7) is 1.68. The van der Waals surface area contributed by atoms with Crippen molar-refractivity contribution in [2.45, 2.75) is 18.9 Å². The molecule has 0 aromatic carbocycles. The normalized spacial score (nSPS) is 39.7. The largest absolute Gasteiger partial charge is 0.383 e. The number of sulfone groups is 1. The first-order valence-electron chi connectivity index (χ1n) is 5.53. The SMILES string of the molecule is COCC1CC(C2CCS(=O)(=O)C2)CN1. The van der Waals surface area contributed by atoms with Gasteiger partial charge in [0, 0.05) is 13.2 Å². The van der Waals surface area contributed by atoms with Gasteiger partial charge in [-0.3, -0.25) is 0 Å². The van der Waals surface area contributed by atoms with E-state index in [0.29, 0.717) is 29.4 Å². The fourth-order valence-electron chi connectivity index (χ4n) is 2.73. The summed E-state index contributed by atoms with van der Waals surface area (Å²) in [6, 6.07) is 0.420. The minimum absolute atomic E-state index is 0.379. The Kier molecular flexibility index (Phi) is 3.33. The maximum atomic E-state index is 11.4. The smallest absolute Gasteiger partial charge is 0.150 e. The van der Waals surface area contributed by atoms with Gasteiger partial charge < -0.3 is 10.1 Å². The van der Waals surface area contributed by atoms with Crippen LogP contribution in [0, 0.1) is 11.8 Å². The molecule has 0 amide bonds. The summed E-state index contributed by atoms with van der Waals surface area (Å²) in [5.74, 6) is 1.70. The summed E-state index contributed by atoms with van der Waals surface area (Å²) in [5.41, 5.74) is 0. The van der Waals surface area contributed by atoms with Crippen molar-refractivity contribution in [3.8, 4) is 0 Å². The van der Waals surface area contributed by atoms with E-state index in [2.05, 4.69) is 5.32 Å². The Morgan fingerprint density at radius 3 is 2.80 bits per heavy atom. The lowest BCUT2D eigenvalue weighted by atomic mass is 9.90. The molecule has 4 nitrogen and oxygen atoms in total. The third-order valence-corrected chi connectivity index (χ3v) is 5.35. The fraction of sp³-hybridized carbons (Fsp3) is 1.00. The molecule has 2 saturated heterocycles. The Hall–Kier alpha value is -0.130. The van der Waals surface area contributed by atoms with Crippen molar-refractivity contribution in [2.24, 2.45) is 11.8 Å². The molecular weight excluding hydrogens is 214 g/mol. The third kappa shape index (κ3) is 2.71. The molecule has 2 rings (SSSR count). The molecule has 0 bridgehead atoms. The first kappa shape index (κ1) is 11.4. The number of hydrogen-bond acceptors (Lipinski definition) is 4. The summed E-state index contributed by atoms with van der Waals surface area (Å²) in [5, 5.41) is 3.39. The van der Waals surface area contributed by atoms with Crippen LogP contribution < -0.4 is 5.32 Å². The summed E-state index contributed by atoms with van der Waals surface area (Å²) in [4.78, 5) is 0. The van der Waals surface area contributed by atoms with Crippen molar-refractivity contribution < 1.29 is 13.2 Å². The zero-order valence-electron chi connectivity index (χ0n) is 9.11. The van der Waals surface area contributed by atoms with Crippen LogP contribution in [-0.2, 0) is 14.6 Å². The number of ether oxygens (including phenoxy) is 1. The molecule has 0 radical (unpaired) electrons. The van der Waals surface area contributed by atoms with Gasteiger partial charge in [-0.05, 0) is 31.2 Å². The van der Waals surface area contributed by atoms with Gasteiger partial charge in [0.25, 0.3) is 0 Å². The molecule has 2 aliphatic rings. The minimum Gasteiger partial charge on any atom is -0.383 e. The van der Waals surface area contributed by atoms with E-state index < -0.39 is 9.84 Å². The van der Waals surface area contributed by atoms with E-state index in [4.69, 9.17) is 4.74 Å². The highest BCUT2D eigenvalue weighted by atomic mass is 32.2. The van der Waals surface area contributed by atoms with E-state index in [1.165, 1.54) is 0 Å². The Bertz CT molecular complexity index is 315. The van der Waals surface area contributed by atoms with Gasteiger partial charge in [0.2, 0.25) is 0 Å². The van der Waals surface area contributed by atoms with Crippen molar-refractivity contribution in [3.05, 3.63) is 0 Å². The molecule has 0 spiro atoms. The molecule has 0 aliphatic carbocycles. The van der Waals surface area contributed by atoms with Crippen LogP contribution in [0.15, 0.2) is 0 Å². The van der Waals surface area contributed by atoms with Crippen LogP contribution in [0.1, 0.15) is 12.8 Å². The maximum absolute atomic E-state index is 11.4. The second-order valence-corrected chi connectivity index (χ2v) is 6.95. The molecule has 88 valence electrons. The average molecular weight is 233 g/mol. The van der Waals surface area contributed by atoms with Crippen LogP contribution in [-0.4, -0.2) is 46.2 Å². The maximum Gasteiger partial charge on any atom is 0.150 e. The van der Waals surface area contributed by atoms with Crippen molar-refractivity contribution in [1.82, 2.24) is 5.32 Å². The molecule has 2 fully saturated rings. The Balaban J connectivity index is 1.87. The predicted molar refractivity (Wildman–Crippen MR) is 58.5 cm³/mol. The summed E-state index contributed by atoms with van der Waals surface area (Å²) in [6.07, 6.45) is 1.92. The Labute approximate surface area is 91.3 Å². The molecule has 3 unspecified atom stereocenters. The van der Waals surface area contributed by atoms with Crippen LogP contribution >= 0.6 is 0 Å². The van der Waals surface area contributed by atoms with Gasteiger partial charge in [0.1, 0.15) is 0 Å². The van der Waals surface area contributed by atoms with E-state index in [0.717, 1.165) is 26.0 Å². The van der Waals surface area contributed by atoms with Crippen molar-refractivity contribution in [1.29, 1.82) is 0 Å². The summed E-state index contributed by atoms with van der Waals surface area (Å²) >= 11 is 0. The monoisotopic (exact) mass is 233 g/mol. The highest BCUT2D eigenvalue weighted by Gasteiger charge is 2.37. The molecule has 2 heterocycles. The van der Waals surface area contributed by atoms with Crippen LogP contribution in [0.5, 0.6) is 0 Å². The molecule has 5 heteroatoms. The predicted octanol–water partition coefficient (Wildman–Crippen LogP) is 0.0456.